The number of anilines is 3. The number of hydrogen-bond donors (Lipinski definition) is 0. The molecule has 0 bridgehead atoms. The van der Waals surface area contributed by atoms with Crippen LogP contribution in [0.4, 0.5) is 17.1 Å². The number of para-hydroxylation sites is 2. The van der Waals surface area contributed by atoms with Crippen molar-refractivity contribution in [3.63, 3.8) is 0 Å². The summed E-state index contributed by atoms with van der Waals surface area (Å²) in [6, 6.07) is 77.0. The Hall–Kier alpha value is -7.46. The highest BCUT2D eigenvalue weighted by atomic mass is 32.1. The van der Waals surface area contributed by atoms with Crippen LogP contribution in [-0.2, 0) is 0 Å². The molecule has 0 spiro atoms. The van der Waals surface area contributed by atoms with E-state index in [4.69, 9.17) is 4.42 Å². The van der Waals surface area contributed by atoms with Crippen LogP contribution in [-0.4, -0.2) is 0 Å². The molecular weight excluding hydrogens is 735 g/mol. The van der Waals surface area contributed by atoms with E-state index in [1.54, 1.807) is 0 Å². The first-order valence-corrected chi connectivity index (χ1v) is 20.9. The second-order valence-corrected chi connectivity index (χ2v) is 16.3. The predicted octanol–water partition coefficient (Wildman–Crippen LogP) is 16.7. The van der Waals surface area contributed by atoms with Crippen molar-refractivity contribution < 1.29 is 4.42 Å². The van der Waals surface area contributed by atoms with E-state index in [-0.39, 0.29) is 0 Å². The third-order valence-corrected chi connectivity index (χ3v) is 13.0. The van der Waals surface area contributed by atoms with E-state index in [2.05, 4.69) is 211 Å². The molecule has 10 aromatic carbocycles. The second kappa shape index (κ2) is 13.6. The SMILES string of the molecule is c1ccc(-c2ccc(N(c3ccc(-c4cc5ccccc5c5ccccc45)cc3)c3cccc4sc5ccccc5c34)cc2-c2cccc3c2oc2ccccc23)cc1. The molecule has 0 saturated heterocycles. The highest BCUT2D eigenvalue weighted by Gasteiger charge is 2.22. The van der Waals surface area contributed by atoms with Gasteiger partial charge in [-0.05, 0) is 104 Å². The van der Waals surface area contributed by atoms with Gasteiger partial charge in [0.25, 0.3) is 0 Å². The second-order valence-electron chi connectivity index (χ2n) is 15.2. The van der Waals surface area contributed by atoms with Crippen molar-refractivity contribution in [2.24, 2.45) is 0 Å². The van der Waals surface area contributed by atoms with E-state index in [0.29, 0.717) is 0 Å². The van der Waals surface area contributed by atoms with Crippen molar-refractivity contribution in [1.29, 1.82) is 0 Å². The van der Waals surface area contributed by atoms with Crippen LogP contribution in [0.15, 0.2) is 217 Å². The van der Waals surface area contributed by atoms with Crippen LogP contribution in [0.25, 0.3) is 97.0 Å². The van der Waals surface area contributed by atoms with Crippen molar-refractivity contribution in [3.05, 3.63) is 212 Å². The van der Waals surface area contributed by atoms with Gasteiger partial charge in [-0.3, -0.25) is 0 Å². The summed E-state index contributed by atoms with van der Waals surface area (Å²) >= 11 is 1.85. The van der Waals surface area contributed by atoms with Gasteiger partial charge in [0.15, 0.2) is 0 Å². The molecule has 0 N–H and O–H groups in total. The smallest absolute Gasteiger partial charge is 0.143 e. The van der Waals surface area contributed by atoms with Gasteiger partial charge in [-0.25, -0.2) is 0 Å². The lowest BCUT2D eigenvalue weighted by atomic mass is 9.92. The average Bonchev–Trinajstić information content (AvgIpc) is 3.89. The van der Waals surface area contributed by atoms with Crippen LogP contribution >= 0.6 is 11.3 Å². The van der Waals surface area contributed by atoms with E-state index in [1.807, 2.05) is 17.4 Å². The minimum Gasteiger partial charge on any atom is -0.455 e. The van der Waals surface area contributed by atoms with Crippen LogP contribution in [0.2, 0.25) is 0 Å². The summed E-state index contributed by atoms with van der Waals surface area (Å²) in [5, 5.41) is 9.81. The van der Waals surface area contributed by atoms with Crippen molar-refractivity contribution in [1.82, 2.24) is 0 Å². The molecule has 2 aromatic heterocycles. The van der Waals surface area contributed by atoms with Crippen LogP contribution in [0.5, 0.6) is 0 Å². The summed E-state index contributed by atoms with van der Waals surface area (Å²) in [5.74, 6) is 0. The van der Waals surface area contributed by atoms with Gasteiger partial charge in [0.1, 0.15) is 11.2 Å². The summed E-state index contributed by atoms with van der Waals surface area (Å²) in [6.07, 6.45) is 0. The topological polar surface area (TPSA) is 16.4 Å². The van der Waals surface area contributed by atoms with Crippen LogP contribution in [0.3, 0.4) is 0 Å². The minimum absolute atomic E-state index is 0.893. The first-order chi connectivity index (χ1) is 29.3. The van der Waals surface area contributed by atoms with Crippen LogP contribution in [0, 0.1) is 0 Å². The molecule has 0 amide bonds. The third-order valence-electron chi connectivity index (χ3n) is 11.9. The van der Waals surface area contributed by atoms with Crippen LogP contribution < -0.4 is 4.90 Å². The fourth-order valence-corrected chi connectivity index (χ4v) is 10.3. The summed E-state index contributed by atoms with van der Waals surface area (Å²) in [4.78, 5) is 2.45. The summed E-state index contributed by atoms with van der Waals surface area (Å²) < 4.78 is 9.24. The Morgan fingerprint density at radius 2 is 1.00 bits per heavy atom. The van der Waals surface area contributed by atoms with Gasteiger partial charge in [0.2, 0.25) is 0 Å². The van der Waals surface area contributed by atoms with Gasteiger partial charge in [0, 0.05) is 47.9 Å². The van der Waals surface area contributed by atoms with E-state index in [0.717, 1.165) is 61.3 Å². The summed E-state index contributed by atoms with van der Waals surface area (Å²) in [5.41, 5.74) is 12.0. The molecule has 2 nitrogen and oxygen atoms in total. The number of fused-ring (bicyclic) bond motifs is 9. The molecule has 0 aliphatic rings. The van der Waals surface area contributed by atoms with Crippen LogP contribution in [0.1, 0.15) is 0 Å². The highest BCUT2D eigenvalue weighted by Crippen LogP contribution is 2.48. The number of benzene rings is 10. The normalized spacial score (nSPS) is 11.7. The molecule has 276 valence electrons. The maximum absolute atomic E-state index is 6.69. The predicted molar refractivity (Wildman–Crippen MR) is 253 cm³/mol. The fraction of sp³-hybridized carbons (Fsp3) is 0. The molecule has 0 atom stereocenters. The van der Waals surface area contributed by atoms with Crippen molar-refractivity contribution in [3.8, 4) is 33.4 Å². The van der Waals surface area contributed by atoms with E-state index in [9.17, 15) is 0 Å². The first-order valence-electron chi connectivity index (χ1n) is 20.1. The monoisotopic (exact) mass is 769 g/mol. The van der Waals surface area contributed by atoms with E-state index >= 15 is 0 Å². The zero-order valence-electron chi connectivity index (χ0n) is 32.0. The third kappa shape index (κ3) is 5.47. The van der Waals surface area contributed by atoms with Crippen molar-refractivity contribution >= 4 is 92.1 Å². The molecule has 0 fully saturated rings. The van der Waals surface area contributed by atoms with Crippen molar-refractivity contribution in [2.45, 2.75) is 0 Å². The molecule has 0 unspecified atom stereocenters. The van der Waals surface area contributed by atoms with Gasteiger partial charge in [0.05, 0.1) is 5.69 Å². The lowest BCUT2D eigenvalue weighted by molar-refractivity contribution is 0.670. The first kappa shape index (κ1) is 33.7. The Bertz CT molecular complexity index is 3560. The zero-order chi connectivity index (χ0) is 38.9. The number of nitrogens with zero attached hydrogens (tertiary/aromatic N) is 1. The zero-order valence-corrected chi connectivity index (χ0v) is 32.8. The molecular formula is C56H35NOS. The minimum atomic E-state index is 0.893. The van der Waals surface area contributed by atoms with E-state index in [1.165, 1.54) is 52.8 Å². The molecule has 0 aliphatic heterocycles. The molecule has 12 rings (SSSR count). The Morgan fingerprint density at radius 1 is 0.356 bits per heavy atom. The number of furan rings is 1. The molecule has 0 radical (unpaired) electrons. The Labute approximate surface area is 345 Å². The molecule has 0 saturated carbocycles. The lowest BCUT2D eigenvalue weighted by Crippen LogP contribution is -2.10. The van der Waals surface area contributed by atoms with Gasteiger partial charge in [-0.1, -0.05) is 158 Å². The molecule has 2 heterocycles. The molecule has 59 heavy (non-hydrogen) atoms. The average molecular weight is 770 g/mol. The summed E-state index contributed by atoms with van der Waals surface area (Å²) in [7, 11) is 0. The van der Waals surface area contributed by atoms with Gasteiger partial charge in [-0.2, -0.15) is 0 Å². The van der Waals surface area contributed by atoms with Gasteiger partial charge < -0.3 is 9.32 Å². The maximum Gasteiger partial charge on any atom is 0.143 e. The highest BCUT2D eigenvalue weighted by molar-refractivity contribution is 7.26. The molecule has 3 heteroatoms. The summed E-state index contributed by atoms with van der Waals surface area (Å²) in [6.45, 7) is 0. The maximum atomic E-state index is 6.69. The van der Waals surface area contributed by atoms with E-state index < -0.39 is 0 Å². The number of rotatable bonds is 6. The Kier molecular flexibility index (Phi) is 7.75. The number of hydrogen-bond acceptors (Lipinski definition) is 3. The fourth-order valence-electron chi connectivity index (χ4n) is 9.18. The molecule has 12 aromatic rings. The van der Waals surface area contributed by atoms with Crippen molar-refractivity contribution in [2.75, 3.05) is 4.90 Å². The molecule has 0 aliphatic carbocycles. The standard InChI is InChI=1S/C56H35NOS/c1-2-14-36(15-3-1)42-33-32-40(35-50(42)47-23-12-22-46-45-20-8-10-25-52(45)58-56(46)47)57(51-24-13-27-54-55(51)48-21-9-11-26-53(48)59-54)39-30-28-37(29-31-39)49-34-38-16-4-5-17-41(38)43-18-6-7-19-44(43)49/h1-35H. The van der Waals surface area contributed by atoms with Gasteiger partial charge >= 0.3 is 0 Å². The van der Waals surface area contributed by atoms with Gasteiger partial charge in [-0.15, -0.1) is 11.3 Å². The quantitative estimate of drug-likeness (QED) is 0.157. The lowest BCUT2D eigenvalue weighted by Gasteiger charge is -2.28. The number of thiophene rings is 1. The Morgan fingerprint density at radius 3 is 1.86 bits per heavy atom. The Balaban J connectivity index is 1.10. The largest absolute Gasteiger partial charge is 0.455 e.